The number of nitrogens with zero attached hydrogens (tertiary/aromatic N) is 1. The Labute approximate surface area is 129 Å². The van der Waals surface area contributed by atoms with Crippen LogP contribution >= 0.6 is 0 Å². The molecule has 2 aromatic rings. The zero-order valence-corrected chi connectivity index (χ0v) is 13.0. The minimum Gasteiger partial charge on any atom is -0.496 e. The van der Waals surface area contributed by atoms with Crippen molar-refractivity contribution in [3.63, 3.8) is 0 Å². The van der Waals surface area contributed by atoms with Gasteiger partial charge in [-0.3, -0.25) is 9.89 Å². The van der Waals surface area contributed by atoms with Crippen LogP contribution in [0.3, 0.4) is 0 Å². The Hall–Kier alpha value is -2.34. The number of methoxy groups -OCH3 is 1. The van der Waals surface area contributed by atoms with Crippen molar-refractivity contribution in [1.29, 1.82) is 0 Å². The first kappa shape index (κ1) is 16.0. The van der Waals surface area contributed by atoms with Gasteiger partial charge in [0, 0.05) is 16.9 Å². The Kier molecular flexibility index (Phi) is 5.16. The summed E-state index contributed by atoms with van der Waals surface area (Å²) >= 11 is 0. The van der Waals surface area contributed by atoms with Crippen molar-refractivity contribution in [3.8, 4) is 5.75 Å². The van der Waals surface area contributed by atoms with Crippen molar-refractivity contribution in [2.24, 2.45) is 5.92 Å². The highest BCUT2D eigenvalue weighted by molar-refractivity contribution is 6.03. The Morgan fingerprint density at radius 3 is 2.82 bits per heavy atom. The van der Waals surface area contributed by atoms with Crippen LogP contribution in [0.1, 0.15) is 35.6 Å². The lowest BCUT2D eigenvalue weighted by molar-refractivity contribution is 0.102. The molecule has 1 heterocycles. The predicted octanol–water partition coefficient (Wildman–Crippen LogP) is 2.36. The maximum absolute atomic E-state index is 12.2. The van der Waals surface area contributed by atoms with E-state index in [0.717, 1.165) is 12.1 Å². The number of aromatic nitrogens is 2. The minimum absolute atomic E-state index is 0.159. The molecule has 1 aromatic carbocycles. The highest BCUT2D eigenvalue weighted by atomic mass is 16.5. The third kappa shape index (κ3) is 3.85. The normalized spacial score (nSPS) is 10.8. The fourth-order valence-corrected chi connectivity index (χ4v) is 2.20. The third-order valence-electron chi connectivity index (χ3n) is 3.20. The second-order valence-electron chi connectivity index (χ2n) is 5.52. The number of aliphatic hydroxyl groups is 1. The fraction of sp³-hybridized carbons (Fsp3) is 0.375. The monoisotopic (exact) mass is 303 g/mol. The van der Waals surface area contributed by atoms with Crippen LogP contribution in [0.4, 0.5) is 5.69 Å². The van der Waals surface area contributed by atoms with Crippen molar-refractivity contribution in [1.82, 2.24) is 10.2 Å². The average Bonchev–Trinajstić information content (AvgIpc) is 2.94. The minimum atomic E-state index is -0.291. The van der Waals surface area contributed by atoms with Crippen LogP contribution in [0.5, 0.6) is 5.75 Å². The quantitative estimate of drug-likeness (QED) is 0.764. The molecule has 0 aliphatic rings. The maximum Gasteiger partial charge on any atom is 0.276 e. The summed E-state index contributed by atoms with van der Waals surface area (Å²) in [5, 5.41) is 19.0. The molecule has 0 spiro atoms. The molecule has 118 valence electrons. The molecule has 2 rings (SSSR count). The first-order valence-electron chi connectivity index (χ1n) is 7.17. The molecule has 0 saturated heterocycles. The lowest BCUT2D eigenvalue weighted by atomic mass is 10.1. The molecule has 1 aromatic heterocycles. The summed E-state index contributed by atoms with van der Waals surface area (Å²) in [6.45, 7) is 4.05. The van der Waals surface area contributed by atoms with E-state index >= 15 is 0 Å². The fourth-order valence-electron chi connectivity index (χ4n) is 2.20. The van der Waals surface area contributed by atoms with E-state index in [-0.39, 0.29) is 12.5 Å². The van der Waals surface area contributed by atoms with E-state index in [1.807, 2.05) is 0 Å². The molecule has 0 atom stereocenters. The van der Waals surface area contributed by atoms with Crippen LogP contribution in [0.15, 0.2) is 24.3 Å². The van der Waals surface area contributed by atoms with E-state index < -0.39 is 0 Å². The van der Waals surface area contributed by atoms with E-state index in [9.17, 15) is 9.90 Å². The summed E-state index contributed by atoms with van der Waals surface area (Å²) in [4.78, 5) is 12.2. The lowest BCUT2D eigenvalue weighted by Gasteiger charge is -2.09. The smallest absolute Gasteiger partial charge is 0.276 e. The Balaban J connectivity index is 2.10. The summed E-state index contributed by atoms with van der Waals surface area (Å²) < 4.78 is 5.13. The molecule has 0 aliphatic carbocycles. The number of carbonyl (C=O) groups is 1. The van der Waals surface area contributed by atoms with Gasteiger partial charge in [-0.1, -0.05) is 13.8 Å². The predicted molar refractivity (Wildman–Crippen MR) is 84.0 cm³/mol. The van der Waals surface area contributed by atoms with Gasteiger partial charge in [-0.15, -0.1) is 0 Å². The number of aromatic amines is 1. The first-order valence-corrected chi connectivity index (χ1v) is 7.17. The molecule has 6 nitrogen and oxygen atoms in total. The highest BCUT2D eigenvalue weighted by Crippen LogP contribution is 2.23. The van der Waals surface area contributed by atoms with Crippen molar-refractivity contribution in [2.45, 2.75) is 26.9 Å². The van der Waals surface area contributed by atoms with Gasteiger partial charge in [0.25, 0.3) is 5.91 Å². The number of carbonyl (C=O) groups excluding carboxylic acids is 1. The van der Waals surface area contributed by atoms with Crippen molar-refractivity contribution in [3.05, 3.63) is 41.2 Å². The van der Waals surface area contributed by atoms with Crippen LogP contribution in [0.2, 0.25) is 0 Å². The number of amides is 1. The molecular weight excluding hydrogens is 282 g/mol. The van der Waals surface area contributed by atoms with Crippen molar-refractivity contribution in [2.75, 3.05) is 12.4 Å². The van der Waals surface area contributed by atoms with Crippen molar-refractivity contribution < 1.29 is 14.6 Å². The third-order valence-corrected chi connectivity index (χ3v) is 3.20. The number of rotatable bonds is 6. The second-order valence-corrected chi connectivity index (χ2v) is 5.52. The number of H-pyrrole nitrogens is 1. The Morgan fingerprint density at radius 1 is 1.41 bits per heavy atom. The van der Waals surface area contributed by atoms with Gasteiger partial charge in [-0.2, -0.15) is 5.10 Å². The summed E-state index contributed by atoms with van der Waals surface area (Å²) in [7, 11) is 1.53. The summed E-state index contributed by atoms with van der Waals surface area (Å²) in [6, 6.07) is 6.86. The molecule has 0 unspecified atom stereocenters. The number of hydrogen-bond acceptors (Lipinski definition) is 4. The van der Waals surface area contributed by atoms with Gasteiger partial charge in [0.15, 0.2) is 5.69 Å². The van der Waals surface area contributed by atoms with Gasteiger partial charge >= 0.3 is 0 Å². The van der Waals surface area contributed by atoms with Gasteiger partial charge in [0.05, 0.1) is 13.7 Å². The summed E-state index contributed by atoms with van der Waals surface area (Å²) in [6.07, 6.45) is 0.845. The van der Waals surface area contributed by atoms with Gasteiger partial charge in [-0.25, -0.2) is 0 Å². The van der Waals surface area contributed by atoms with Crippen LogP contribution in [0.25, 0.3) is 0 Å². The first-order chi connectivity index (χ1) is 10.5. The zero-order valence-electron chi connectivity index (χ0n) is 13.0. The van der Waals surface area contributed by atoms with Crippen LogP contribution in [-0.4, -0.2) is 28.3 Å². The Bertz CT molecular complexity index is 650. The largest absolute Gasteiger partial charge is 0.496 e. The summed E-state index contributed by atoms with van der Waals surface area (Å²) in [5.41, 5.74) is 2.48. The van der Waals surface area contributed by atoms with Crippen molar-refractivity contribution >= 4 is 11.6 Å². The van der Waals surface area contributed by atoms with Gasteiger partial charge in [0.1, 0.15) is 5.75 Å². The number of ether oxygens (including phenoxy) is 1. The topological polar surface area (TPSA) is 87.2 Å². The van der Waals surface area contributed by atoms with Crippen LogP contribution in [-0.2, 0) is 13.0 Å². The molecule has 1 amide bonds. The maximum atomic E-state index is 12.2. The van der Waals surface area contributed by atoms with Gasteiger partial charge in [-0.05, 0) is 36.6 Å². The number of aliphatic hydroxyl groups excluding tert-OH is 1. The number of anilines is 1. The van der Waals surface area contributed by atoms with Crippen LogP contribution in [0, 0.1) is 5.92 Å². The van der Waals surface area contributed by atoms with E-state index in [0.29, 0.717) is 28.6 Å². The molecular formula is C16H21N3O3. The SMILES string of the molecule is COc1ccc(NC(=O)c2cc(CC(C)C)[nH]n2)cc1CO. The van der Waals surface area contributed by atoms with Gasteiger partial charge < -0.3 is 15.2 Å². The molecule has 0 aliphatic heterocycles. The van der Waals surface area contributed by atoms with E-state index in [4.69, 9.17) is 4.74 Å². The Morgan fingerprint density at radius 2 is 2.18 bits per heavy atom. The number of hydrogen-bond donors (Lipinski definition) is 3. The second kappa shape index (κ2) is 7.09. The average molecular weight is 303 g/mol. The highest BCUT2D eigenvalue weighted by Gasteiger charge is 2.12. The number of nitrogens with one attached hydrogen (secondary N) is 2. The van der Waals surface area contributed by atoms with Crippen LogP contribution < -0.4 is 10.1 Å². The van der Waals surface area contributed by atoms with E-state index in [1.54, 1.807) is 24.3 Å². The molecule has 22 heavy (non-hydrogen) atoms. The zero-order chi connectivity index (χ0) is 16.1. The van der Waals surface area contributed by atoms with E-state index in [2.05, 4.69) is 29.4 Å². The molecule has 0 bridgehead atoms. The standard InChI is InChI=1S/C16H21N3O3/c1-10(2)6-13-8-14(19-18-13)16(21)17-12-4-5-15(22-3)11(7-12)9-20/h4-5,7-8,10,20H,6,9H2,1-3H3,(H,17,21)(H,18,19). The lowest BCUT2D eigenvalue weighted by Crippen LogP contribution is -2.12. The van der Waals surface area contributed by atoms with E-state index in [1.165, 1.54) is 7.11 Å². The van der Waals surface area contributed by atoms with Gasteiger partial charge in [0.2, 0.25) is 0 Å². The molecule has 6 heteroatoms. The number of benzene rings is 1. The summed E-state index contributed by atoms with van der Waals surface area (Å²) in [5.74, 6) is 0.782. The molecule has 0 fully saturated rings. The molecule has 0 radical (unpaired) electrons. The molecule has 3 N–H and O–H groups in total. The molecule has 0 saturated carbocycles.